The molecule has 1 aliphatic heterocycles. The van der Waals surface area contributed by atoms with Gasteiger partial charge in [0.05, 0.1) is 24.7 Å². The number of carbonyl (C=O) groups is 1. The molecule has 2 aromatic carbocycles. The Morgan fingerprint density at radius 2 is 1.86 bits per heavy atom. The first-order chi connectivity index (χ1) is 13.8. The minimum absolute atomic E-state index is 0.115. The van der Waals surface area contributed by atoms with Crippen LogP contribution in [-0.4, -0.2) is 63.4 Å². The smallest absolute Gasteiger partial charge is 0.243 e. The van der Waals surface area contributed by atoms with E-state index >= 15 is 0 Å². The van der Waals surface area contributed by atoms with Crippen LogP contribution in [0, 0.1) is 5.82 Å². The molecule has 7 nitrogen and oxygen atoms in total. The van der Waals surface area contributed by atoms with E-state index in [0.29, 0.717) is 38.5 Å². The van der Waals surface area contributed by atoms with Crippen LogP contribution in [0.25, 0.3) is 0 Å². The molecule has 3 rings (SSSR count). The second kappa shape index (κ2) is 9.45. The normalized spacial score (nSPS) is 15.4. The Kier molecular flexibility index (Phi) is 6.96. The number of nitrogens with one attached hydrogen (secondary N) is 1. The highest BCUT2D eigenvalue weighted by Gasteiger charge is 2.26. The highest BCUT2D eigenvalue weighted by molar-refractivity contribution is 7.89. The Morgan fingerprint density at radius 1 is 1.17 bits per heavy atom. The minimum Gasteiger partial charge on any atom is -0.379 e. The quantitative estimate of drug-likeness (QED) is 0.739. The van der Waals surface area contributed by atoms with Crippen LogP contribution in [-0.2, 0) is 26.1 Å². The van der Waals surface area contributed by atoms with Crippen molar-refractivity contribution in [1.29, 1.82) is 0 Å². The Hall–Kier alpha value is -2.33. The third-order valence-electron chi connectivity index (χ3n) is 4.50. The van der Waals surface area contributed by atoms with Gasteiger partial charge in [0.1, 0.15) is 5.82 Å². The molecule has 0 spiro atoms. The number of benzene rings is 2. The van der Waals surface area contributed by atoms with Crippen molar-refractivity contribution >= 4 is 21.6 Å². The lowest BCUT2D eigenvalue weighted by Gasteiger charge is -2.26. The average molecular weight is 421 g/mol. The number of rotatable bonds is 7. The molecule has 1 aliphatic rings. The molecule has 1 amide bonds. The lowest BCUT2D eigenvalue weighted by molar-refractivity contribution is -0.117. The second-order valence-electron chi connectivity index (χ2n) is 6.89. The first-order valence-corrected chi connectivity index (χ1v) is 10.7. The molecule has 0 radical (unpaired) electrons. The summed E-state index contributed by atoms with van der Waals surface area (Å²) < 4.78 is 45.1. The lowest BCUT2D eigenvalue weighted by atomic mass is 10.2. The first-order valence-electron chi connectivity index (χ1n) is 9.25. The van der Waals surface area contributed by atoms with E-state index in [9.17, 15) is 17.6 Å². The summed E-state index contributed by atoms with van der Waals surface area (Å²) in [6.07, 6.45) is 0. The molecule has 156 valence electrons. The zero-order chi connectivity index (χ0) is 20.9. The zero-order valence-corrected chi connectivity index (χ0v) is 17.0. The van der Waals surface area contributed by atoms with Crippen molar-refractivity contribution in [3.63, 3.8) is 0 Å². The molecule has 2 aromatic rings. The molecule has 0 bridgehead atoms. The number of carbonyl (C=O) groups excluding carboxylic acids is 1. The number of halogens is 1. The van der Waals surface area contributed by atoms with Gasteiger partial charge in [0.2, 0.25) is 15.9 Å². The first kappa shape index (κ1) is 21.4. The molecule has 9 heteroatoms. The van der Waals surface area contributed by atoms with Gasteiger partial charge in [-0.25, -0.2) is 12.8 Å². The second-order valence-corrected chi connectivity index (χ2v) is 8.83. The maximum absolute atomic E-state index is 13.3. The van der Waals surface area contributed by atoms with Gasteiger partial charge in [-0.3, -0.25) is 9.69 Å². The van der Waals surface area contributed by atoms with Crippen LogP contribution in [0.5, 0.6) is 0 Å². The van der Waals surface area contributed by atoms with Crippen molar-refractivity contribution in [3.8, 4) is 0 Å². The van der Waals surface area contributed by atoms with Crippen molar-refractivity contribution in [3.05, 3.63) is 59.9 Å². The van der Waals surface area contributed by atoms with Gasteiger partial charge in [0.15, 0.2) is 0 Å². The van der Waals surface area contributed by atoms with Gasteiger partial charge >= 0.3 is 0 Å². The zero-order valence-electron chi connectivity index (χ0n) is 16.2. The number of morpholine rings is 1. The maximum Gasteiger partial charge on any atom is 0.243 e. The molecule has 1 heterocycles. The highest BCUT2D eigenvalue weighted by Crippen LogP contribution is 2.19. The van der Waals surface area contributed by atoms with Gasteiger partial charge in [-0.05, 0) is 49.0 Å². The molecule has 29 heavy (non-hydrogen) atoms. The van der Waals surface area contributed by atoms with Gasteiger partial charge in [0.25, 0.3) is 0 Å². The number of likely N-dealkylation sites (N-methyl/N-ethyl adjacent to an activating group) is 1. The fourth-order valence-electron chi connectivity index (χ4n) is 3.09. The van der Waals surface area contributed by atoms with Crippen LogP contribution in [0.2, 0.25) is 0 Å². The topological polar surface area (TPSA) is 79.0 Å². The molecule has 1 fully saturated rings. The van der Waals surface area contributed by atoms with Gasteiger partial charge in [0, 0.05) is 25.3 Å². The van der Waals surface area contributed by atoms with Gasteiger partial charge in [-0.2, -0.15) is 4.31 Å². The van der Waals surface area contributed by atoms with E-state index in [1.165, 1.54) is 28.6 Å². The fourth-order valence-corrected chi connectivity index (χ4v) is 4.50. The number of anilines is 1. The number of hydrogen-bond donors (Lipinski definition) is 1. The van der Waals surface area contributed by atoms with E-state index in [-0.39, 0.29) is 23.2 Å². The summed E-state index contributed by atoms with van der Waals surface area (Å²) in [4.78, 5) is 14.2. The SMILES string of the molecule is CN(CC(=O)Nc1ccc(S(=O)(=O)N2CCOCC2)cc1)Cc1cccc(F)c1. The lowest BCUT2D eigenvalue weighted by Crippen LogP contribution is -2.40. The maximum atomic E-state index is 13.3. The van der Waals surface area contributed by atoms with Crippen molar-refractivity contribution in [2.24, 2.45) is 0 Å². The average Bonchev–Trinajstić information content (AvgIpc) is 2.69. The summed E-state index contributed by atoms with van der Waals surface area (Å²) in [5, 5.41) is 2.75. The van der Waals surface area contributed by atoms with Gasteiger partial charge < -0.3 is 10.1 Å². The standard InChI is InChI=1S/C20H24FN3O4S/c1-23(14-16-3-2-4-17(21)13-16)15-20(25)22-18-5-7-19(8-6-18)29(26,27)24-9-11-28-12-10-24/h2-8,13H,9-12,14-15H2,1H3,(H,22,25). The molecule has 0 saturated carbocycles. The molecule has 0 aromatic heterocycles. The Balaban J connectivity index is 1.55. The number of hydrogen-bond acceptors (Lipinski definition) is 5. The largest absolute Gasteiger partial charge is 0.379 e. The molecule has 0 atom stereocenters. The Labute approximate surface area is 170 Å². The summed E-state index contributed by atoms with van der Waals surface area (Å²) in [6, 6.07) is 12.3. The Bertz CT molecular complexity index is 944. The summed E-state index contributed by atoms with van der Waals surface area (Å²) in [5.41, 5.74) is 1.29. The van der Waals surface area contributed by atoms with Crippen LogP contribution in [0.15, 0.2) is 53.4 Å². The van der Waals surface area contributed by atoms with Crippen LogP contribution in [0.3, 0.4) is 0 Å². The highest BCUT2D eigenvalue weighted by atomic mass is 32.2. The predicted molar refractivity (Wildman–Crippen MR) is 107 cm³/mol. The van der Waals surface area contributed by atoms with Gasteiger partial charge in [-0.15, -0.1) is 0 Å². The van der Waals surface area contributed by atoms with Crippen LogP contribution >= 0.6 is 0 Å². The summed E-state index contributed by atoms with van der Waals surface area (Å²) >= 11 is 0. The minimum atomic E-state index is -3.56. The summed E-state index contributed by atoms with van der Waals surface area (Å²) in [5.74, 6) is -0.555. The molecular formula is C20H24FN3O4S. The monoisotopic (exact) mass is 421 g/mol. The van der Waals surface area contributed by atoms with Crippen LogP contribution in [0.4, 0.5) is 10.1 Å². The van der Waals surface area contributed by atoms with Crippen molar-refractivity contribution in [2.45, 2.75) is 11.4 Å². The molecule has 0 unspecified atom stereocenters. The third kappa shape index (κ3) is 5.83. The molecule has 1 N–H and O–H groups in total. The molecule has 1 saturated heterocycles. The van der Waals surface area contributed by atoms with E-state index < -0.39 is 10.0 Å². The summed E-state index contributed by atoms with van der Waals surface area (Å²) in [7, 11) is -1.80. The van der Waals surface area contributed by atoms with Crippen molar-refractivity contribution < 1.29 is 22.3 Å². The Morgan fingerprint density at radius 3 is 2.52 bits per heavy atom. The van der Waals surface area contributed by atoms with Crippen molar-refractivity contribution in [2.75, 3.05) is 45.2 Å². The number of nitrogens with zero attached hydrogens (tertiary/aromatic N) is 2. The molecule has 0 aliphatic carbocycles. The van der Waals surface area contributed by atoms with E-state index in [1.54, 1.807) is 36.2 Å². The van der Waals surface area contributed by atoms with Crippen LogP contribution < -0.4 is 5.32 Å². The number of amides is 1. The predicted octanol–water partition coefficient (Wildman–Crippen LogP) is 1.92. The third-order valence-corrected chi connectivity index (χ3v) is 6.41. The van der Waals surface area contributed by atoms with Gasteiger partial charge in [-0.1, -0.05) is 12.1 Å². The van der Waals surface area contributed by atoms with E-state index in [1.807, 2.05) is 0 Å². The number of sulfonamides is 1. The summed E-state index contributed by atoms with van der Waals surface area (Å²) in [6.45, 7) is 1.98. The number of ether oxygens (including phenoxy) is 1. The van der Waals surface area contributed by atoms with E-state index in [4.69, 9.17) is 4.74 Å². The van der Waals surface area contributed by atoms with E-state index in [2.05, 4.69) is 5.32 Å². The van der Waals surface area contributed by atoms with Crippen molar-refractivity contribution in [1.82, 2.24) is 9.21 Å². The van der Waals surface area contributed by atoms with E-state index in [0.717, 1.165) is 5.56 Å². The fraction of sp³-hybridized carbons (Fsp3) is 0.350. The molecular weight excluding hydrogens is 397 g/mol. The van der Waals surface area contributed by atoms with Crippen LogP contribution in [0.1, 0.15) is 5.56 Å².